The SMILES string of the molecule is CCCCCCCCCCCCn1c2c(-c3cc4ccccc4s3)cc(-c3cc4ccccc4s3)cc2c2cc(-c3cc4ccccc4s3)cc(-c3cc4ccccc4s3)c21. The number of benzene rings is 6. The van der Waals surface area contributed by atoms with Gasteiger partial charge in [-0.3, -0.25) is 0 Å². The third-order valence-corrected chi connectivity index (χ3v) is 17.2. The van der Waals surface area contributed by atoms with Gasteiger partial charge in [0, 0.05) is 66.8 Å². The van der Waals surface area contributed by atoms with Gasteiger partial charge in [0.1, 0.15) is 0 Å². The molecule has 0 unspecified atom stereocenters. The van der Waals surface area contributed by atoms with Crippen molar-refractivity contribution in [3.63, 3.8) is 0 Å². The summed E-state index contributed by atoms with van der Waals surface area (Å²) in [5.41, 5.74) is 8.04. The van der Waals surface area contributed by atoms with E-state index in [0.29, 0.717) is 0 Å². The molecule has 0 atom stereocenters. The monoisotopic (exact) mass is 863 g/mol. The Morgan fingerprint density at radius 1 is 0.361 bits per heavy atom. The molecule has 0 saturated heterocycles. The minimum atomic E-state index is 0.997. The number of unbranched alkanes of at least 4 members (excludes halogenated alkanes) is 9. The first-order valence-corrected chi connectivity index (χ1v) is 25.5. The van der Waals surface area contributed by atoms with Gasteiger partial charge in [-0.2, -0.15) is 0 Å². The number of nitrogens with zero attached hydrogens (tertiary/aromatic N) is 1. The van der Waals surface area contributed by atoms with Crippen LogP contribution in [-0.2, 0) is 6.54 Å². The van der Waals surface area contributed by atoms with Gasteiger partial charge < -0.3 is 4.57 Å². The van der Waals surface area contributed by atoms with E-state index in [-0.39, 0.29) is 0 Å². The van der Waals surface area contributed by atoms with E-state index in [1.54, 1.807) is 0 Å². The van der Waals surface area contributed by atoms with Gasteiger partial charge in [-0.05, 0) is 112 Å². The van der Waals surface area contributed by atoms with Crippen molar-refractivity contribution >= 4 is 107 Å². The molecule has 0 amide bonds. The highest BCUT2D eigenvalue weighted by Gasteiger charge is 2.24. The molecule has 6 aromatic carbocycles. The van der Waals surface area contributed by atoms with Crippen LogP contribution in [0.25, 0.3) is 104 Å². The first-order valence-electron chi connectivity index (χ1n) is 22.3. The molecule has 5 heteroatoms. The van der Waals surface area contributed by atoms with Crippen molar-refractivity contribution in [2.45, 2.75) is 77.7 Å². The van der Waals surface area contributed by atoms with E-state index < -0.39 is 0 Å². The van der Waals surface area contributed by atoms with E-state index in [1.165, 1.54) is 168 Å². The van der Waals surface area contributed by atoms with E-state index in [9.17, 15) is 0 Å². The van der Waals surface area contributed by atoms with E-state index >= 15 is 0 Å². The van der Waals surface area contributed by atoms with Crippen LogP contribution in [0.3, 0.4) is 0 Å². The van der Waals surface area contributed by atoms with Crippen molar-refractivity contribution in [2.24, 2.45) is 0 Å². The Hall–Kier alpha value is -5.04. The van der Waals surface area contributed by atoms with Crippen molar-refractivity contribution in [1.29, 1.82) is 0 Å². The highest BCUT2D eigenvalue weighted by atomic mass is 32.1. The number of fused-ring (bicyclic) bond motifs is 7. The Kier molecular flexibility index (Phi) is 10.8. The lowest BCUT2D eigenvalue weighted by atomic mass is 9.99. The van der Waals surface area contributed by atoms with Gasteiger partial charge in [0.15, 0.2) is 0 Å². The zero-order valence-electron chi connectivity index (χ0n) is 34.7. The molecule has 302 valence electrons. The molecular weight excluding hydrogens is 815 g/mol. The Morgan fingerprint density at radius 2 is 0.705 bits per heavy atom. The summed E-state index contributed by atoms with van der Waals surface area (Å²) in [4.78, 5) is 5.33. The normalized spacial score (nSPS) is 12.1. The van der Waals surface area contributed by atoms with Crippen LogP contribution in [0, 0.1) is 0 Å². The summed E-state index contributed by atoms with van der Waals surface area (Å²) in [5, 5.41) is 7.98. The molecule has 0 aliphatic heterocycles. The molecule has 0 fully saturated rings. The minimum Gasteiger partial charge on any atom is -0.339 e. The van der Waals surface area contributed by atoms with Crippen LogP contribution in [-0.4, -0.2) is 4.57 Å². The number of thiophene rings is 4. The Bertz CT molecular complexity index is 2990. The maximum atomic E-state index is 2.76. The second-order valence-corrected chi connectivity index (χ2v) is 21.1. The van der Waals surface area contributed by atoms with Gasteiger partial charge in [-0.1, -0.05) is 138 Å². The predicted molar refractivity (Wildman–Crippen MR) is 275 cm³/mol. The molecule has 5 aromatic heterocycles. The average Bonchev–Trinajstić information content (AvgIpc) is 4.14. The van der Waals surface area contributed by atoms with Crippen molar-refractivity contribution in [2.75, 3.05) is 0 Å². The van der Waals surface area contributed by atoms with E-state index in [1.807, 2.05) is 45.3 Å². The summed E-state index contributed by atoms with van der Waals surface area (Å²) < 4.78 is 8.12. The standard InChI is InChI=1S/C56H49NS4/c1-2-3-4-5-6-7-8-9-10-19-28-57-55-43(29-41(51-33-37-20-11-15-24-47(37)58-51)31-45(55)53-35-39-22-13-17-26-49(39)60-53)44-30-42(52-34-38-21-12-16-25-48(38)59-52)32-46(56(44)57)54-36-40-23-14-18-27-50(40)61-54/h11-18,20-27,29-36H,2-10,19,28H2,1H3. The van der Waals surface area contributed by atoms with Gasteiger partial charge in [-0.25, -0.2) is 0 Å². The van der Waals surface area contributed by atoms with Crippen LogP contribution in [0.2, 0.25) is 0 Å². The molecule has 11 aromatic rings. The molecule has 0 radical (unpaired) electrons. The fraction of sp³-hybridized carbons (Fsp3) is 0.214. The minimum absolute atomic E-state index is 0.997. The maximum absolute atomic E-state index is 2.76. The van der Waals surface area contributed by atoms with E-state index in [4.69, 9.17) is 0 Å². The summed E-state index contributed by atoms with van der Waals surface area (Å²) in [6, 6.07) is 55.4. The van der Waals surface area contributed by atoms with Crippen molar-refractivity contribution < 1.29 is 0 Å². The zero-order valence-corrected chi connectivity index (χ0v) is 38.0. The molecular formula is C56H49NS4. The molecule has 11 rings (SSSR count). The lowest BCUT2D eigenvalue weighted by molar-refractivity contribution is 0.541. The van der Waals surface area contributed by atoms with Gasteiger partial charge in [0.2, 0.25) is 0 Å². The van der Waals surface area contributed by atoms with Crippen LogP contribution < -0.4 is 0 Å². The van der Waals surface area contributed by atoms with Crippen molar-refractivity contribution in [3.8, 4) is 41.8 Å². The number of hydrogen-bond acceptors (Lipinski definition) is 4. The summed E-state index contributed by atoms with van der Waals surface area (Å²) >= 11 is 7.70. The lowest BCUT2D eigenvalue weighted by Crippen LogP contribution is -2.00. The Balaban J connectivity index is 1.15. The van der Waals surface area contributed by atoms with Crippen LogP contribution in [0.4, 0.5) is 0 Å². The van der Waals surface area contributed by atoms with Gasteiger partial charge in [0.25, 0.3) is 0 Å². The smallest absolute Gasteiger partial charge is 0.0579 e. The third-order valence-electron chi connectivity index (χ3n) is 12.6. The summed E-state index contributed by atoms with van der Waals surface area (Å²) in [6.07, 6.45) is 13.3. The first-order chi connectivity index (χ1) is 30.2. The first kappa shape index (κ1) is 38.9. The number of rotatable bonds is 15. The second kappa shape index (κ2) is 17.0. The van der Waals surface area contributed by atoms with Gasteiger partial charge in [0.05, 0.1) is 11.0 Å². The Morgan fingerprint density at radius 3 is 1.10 bits per heavy atom. The Labute approximate surface area is 374 Å². The third kappa shape index (κ3) is 7.54. The van der Waals surface area contributed by atoms with Gasteiger partial charge in [-0.15, -0.1) is 45.3 Å². The molecule has 61 heavy (non-hydrogen) atoms. The summed E-state index contributed by atoms with van der Waals surface area (Å²) in [7, 11) is 0. The van der Waals surface area contributed by atoms with Crippen molar-refractivity contribution in [3.05, 3.63) is 146 Å². The van der Waals surface area contributed by atoms with Crippen LogP contribution in [0.5, 0.6) is 0 Å². The van der Waals surface area contributed by atoms with E-state index in [2.05, 4.69) is 157 Å². The van der Waals surface area contributed by atoms with Crippen LogP contribution >= 0.6 is 45.3 Å². The molecule has 0 saturated carbocycles. The number of aryl methyl sites for hydroxylation is 1. The molecule has 1 nitrogen and oxygen atoms in total. The molecule has 5 heterocycles. The average molecular weight is 864 g/mol. The van der Waals surface area contributed by atoms with E-state index in [0.717, 1.165) is 6.54 Å². The molecule has 0 N–H and O–H groups in total. The topological polar surface area (TPSA) is 4.93 Å². The highest BCUT2D eigenvalue weighted by Crippen LogP contribution is 2.49. The number of hydrogen-bond donors (Lipinski definition) is 0. The fourth-order valence-electron chi connectivity index (χ4n) is 9.49. The summed E-state index contributed by atoms with van der Waals surface area (Å²) in [5.74, 6) is 0. The lowest BCUT2D eigenvalue weighted by Gasteiger charge is -2.14. The van der Waals surface area contributed by atoms with Crippen LogP contribution in [0.15, 0.2) is 146 Å². The molecule has 0 spiro atoms. The van der Waals surface area contributed by atoms with Gasteiger partial charge >= 0.3 is 0 Å². The quantitative estimate of drug-likeness (QED) is 0.0905. The predicted octanol–water partition coefficient (Wildman–Crippen LogP) is 19.2. The number of aromatic nitrogens is 1. The molecule has 0 bridgehead atoms. The fourth-order valence-corrected chi connectivity index (χ4v) is 13.8. The summed E-state index contributed by atoms with van der Waals surface area (Å²) in [6.45, 7) is 3.31. The van der Waals surface area contributed by atoms with Crippen LogP contribution in [0.1, 0.15) is 71.1 Å². The highest BCUT2D eigenvalue weighted by molar-refractivity contribution is 7.23. The second-order valence-electron chi connectivity index (χ2n) is 16.8. The zero-order chi connectivity index (χ0) is 40.7. The maximum Gasteiger partial charge on any atom is 0.0579 e. The molecule has 0 aliphatic carbocycles. The largest absolute Gasteiger partial charge is 0.339 e. The van der Waals surface area contributed by atoms with Crippen molar-refractivity contribution in [1.82, 2.24) is 4.57 Å². The molecule has 0 aliphatic rings.